The van der Waals surface area contributed by atoms with Gasteiger partial charge in [0.2, 0.25) is 5.56 Å². The number of ether oxygens (including phenoxy) is 1. The van der Waals surface area contributed by atoms with Crippen LogP contribution in [0.1, 0.15) is 16.8 Å². The summed E-state index contributed by atoms with van der Waals surface area (Å²) in [7, 11) is 1.45. The Bertz CT molecular complexity index is 878. The lowest BCUT2D eigenvalue weighted by atomic mass is 10.1. The Balaban J connectivity index is 2.08. The van der Waals surface area contributed by atoms with E-state index in [4.69, 9.17) is 4.74 Å². The summed E-state index contributed by atoms with van der Waals surface area (Å²) in [6.45, 7) is 0.113. The van der Waals surface area contributed by atoms with Gasteiger partial charge in [-0.3, -0.25) is 9.59 Å². The molecule has 0 bridgehead atoms. The number of nitrogens with zero attached hydrogens (tertiary/aromatic N) is 1. The molecule has 1 aliphatic heterocycles. The average molecular weight is 334 g/mol. The standard InChI is InChI=1S/C16H15FN2O5/c1-24-9-5-13(16(22)23)19(7-9)15(21)11-6-14(20)18-12-4-8(17)2-3-10(11)12/h2-4,6,9,13H,5,7H2,1H3,(H,18,20)(H,22,23). The summed E-state index contributed by atoms with van der Waals surface area (Å²) in [5, 5.41) is 9.68. The van der Waals surface area contributed by atoms with Gasteiger partial charge < -0.3 is 19.7 Å². The molecule has 1 fully saturated rings. The molecule has 1 aromatic carbocycles. The van der Waals surface area contributed by atoms with E-state index in [0.717, 1.165) is 12.1 Å². The molecular formula is C16H15FN2O5. The zero-order valence-electron chi connectivity index (χ0n) is 12.8. The highest BCUT2D eigenvalue weighted by Gasteiger charge is 2.40. The highest BCUT2D eigenvalue weighted by Crippen LogP contribution is 2.25. The topological polar surface area (TPSA) is 99.7 Å². The van der Waals surface area contributed by atoms with Gasteiger partial charge in [0.05, 0.1) is 17.2 Å². The Hall–Kier alpha value is -2.74. The molecule has 1 aromatic heterocycles. The predicted molar refractivity (Wildman–Crippen MR) is 82.4 cm³/mol. The molecule has 1 amide bonds. The van der Waals surface area contributed by atoms with Gasteiger partial charge in [0.25, 0.3) is 5.91 Å². The zero-order valence-corrected chi connectivity index (χ0v) is 12.8. The molecule has 2 unspecified atom stereocenters. The van der Waals surface area contributed by atoms with Gasteiger partial charge in [-0.05, 0) is 18.2 Å². The molecule has 126 valence electrons. The number of benzene rings is 1. The number of rotatable bonds is 3. The molecule has 1 aliphatic rings. The van der Waals surface area contributed by atoms with Crippen LogP contribution >= 0.6 is 0 Å². The van der Waals surface area contributed by atoms with Crippen molar-refractivity contribution in [3.05, 3.63) is 46.0 Å². The summed E-state index contributed by atoms with van der Waals surface area (Å²) in [4.78, 5) is 39.7. The van der Waals surface area contributed by atoms with Crippen LogP contribution in [0.5, 0.6) is 0 Å². The Labute approximate surface area is 135 Å². The number of hydrogen-bond donors (Lipinski definition) is 2. The van der Waals surface area contributed by atoms with E-state index in [1.807, 2.05) is 0 Å². The van der Waals surface area contributed by atoms with Gasteiger partial charge in [-0.1, -0.05) is 0 Å². The van der Waals surface area contributed by atoms with Gasteiger partial charge in [-0.2, -0.15) is 0 Å². The lowest BCUT2D eigenvalue weighted by molar-refractivity contribution is -0.141. The van der Waals surface area contributed by atoms with E-state index in [1.165, 1.54) is 24.1 Å². The SMILES string of the molecule is COC1CC(C(=O)O)N(C(=O)c2cc(=O)[nH]c3cc(F)ccc23)C1. The Morgan fingerprint density at radius 3 is 2.79 bits per heavy atom. The van der Waals surface area contributed by atoms with E-state index in [-0.39, 0.29) is 30.1 Å². The van der Waals surface area contributed by atoms with Gasteiger partial charge in [0.15, 0.2) is 0 Å². The molecule has 0 spiro atoms. The molecule has 24 heavy (non-hydrogen) atoms. The second-order valence-electron chi connectivity index (χ2n) is 5.64. The fourth-order valence-electron chi connectivity index (χ4n) is 2.99. The van der Waals surface area contributed by atoms with E-state index < -0.39 is 29.3 Å². The number of aliphatic carboxylic acids is 1. The number of halogens is 1. The van der Waals surface area contributed by atoms with Crippen LogP contribution in [-0.4, -0.2) is 52.7 Å². The fraction of sp³-hybridized carbons (Fsp3) is 0.312. The summed E-state index contributed by atoms with van der Waals surface area (Å²) in [5.74, 6) is -2.28. The van der Waals surface area contributed by atoms with Gasteiger partial charge in [0, 0.05) is 31.5 Å². The number of H-pyrrole nitrogens is 1. The van der Waals surface area contributed by atoms with Gasteiger partial charge in [0.1, 0.15) is 11.9 Å². The molecule has 1 saturated heterocycles. The Morgan fingerprint density at radius 1 is 1.38 bits per heavy atom. The number of methoxy groups -OCH3 is 1. The van der Waals surface area contributed by atoms with Crippen LogP contribution in [0.3, 0.4) is 0 Å². The lowest BCUT2D eigenvalue weighted by Crippen LogP contribution is -2.41. The van der Waals surface area contributed by atoms with Crippen LogP contribution in [0.4, 0.5) is 4.39 Å². The molecule has 2 N–H and O–H groups in total. The number of aromatic nitrogens is 1. The first-order chi connectivity index (χ1) is 11.4. The first-order valence-corrected chi connectivity index (χ1v) is 7.30. The molecule has 2 atom stereocenters. The molecule has 2 heterocycles. The minimum absolute atomic E-state index is 0.0387. The van der Waals surface area contributed by atoms with E-state index in [0.29, 0.717) is 5.39 Å². The van der Waals surface area contributed by atoms with Crippen molar-refractivity contribution in [2.45, 2.75) is 18.6 Å². The van der Waals surface area contributed by atoms with Crippen molar-refractivity contribution in [2.75, 3.05) is 13.7 Å². The van der Waals surface area contributed by atoms with E-state index in [2.05, 4.69) is 4.98 Å². The summed E-state index contributed by atoms with van der Waals surface area (Å²) in [6.07, 6.45) is -0.214. The van der Waals surface area contributed by atoms with Crippen molar-refractivity contribution in [3.8, 4) is 0 Å². The number of carbonyl (C=O) groups is 2. The van der Waals surface area contributed by atoms with Crippen LogP contribution < -0.4 is 5.56 Å². The summed E-state index contributed by atoms with van der Waals surface area (Å²) >= 11 is 0. The largest absolute Gasteiger partial charge is 0.480 e. The number of likely N-dealkylation sites (tertiary alicyclic amines) is 1. The van der Waals surface area contributed by atoms with Gasteiger partial charge in [-0.15, -0.1) is 0 Å². The third kappa shape index (κ3) is 2.76. The summed E-state index contributed by atoms with van der Waals surface area (Å²) in [5.41, 5.74) is -0.345. The molecule has 0 aliphatic carbocycles. The molecule has 8 heteroatoms. The van der Waals surface area contributed by atoms with Crippen molar-refractivity contribution in [1.29, 1.82) is 0 Å². The highest BCUT2D eigenvalue weighted by atomic mass is 19.1. The Kier molecular flexibility index (Phi) is 4.06. The predicted octanol–water partition coefficient (Wildman–Crippen LogP) is 0.981. The van der Waals surface area contributed by atoms with E-state index in [9.17, 15) is 23.9 Å². The van der Waals surface area contributed by atoms with Crippen molar-refractivity contribution in [1.82, 2.24) is 9.88 Å². The number of nitrogens with one attached hydrogen (secondary N) is 1. The molecule has 3 rings (SSSR count). The number of fused-ring (bicyclic) bond motifs is 1. The fourth-order valence-corrected chi connectivity index (χ4v) is 2.99. The van der Waals surface area contributed by atoms with E-state index >= 15 is 0 Å². The third-order valence-corrected chi connectivity index (χ3v) is 4.18. The highest BCUT2D eigenvalue weighted by molar-refractivity contribution is 6.07. The quantitative estimate of drug-likeness (QED) is 0.872. The van der Waals surface area contributed by atoms with Crippen LogP contribution in [0.2, 0.25) is 0 Å². The average Bonchev–Trinajstić information content (AvgIpc) is 2.97. The summed E-state index contributed by atoms with van der Waals surface area (Å²) < 4.78 is 18.5. The number of carboxylic acid groups (broad SMARTS) is 1. The number of pyridine rings is 1. The number of amides is 1. The van der Waals surface area contributed by atoms with Crippen molar-refractivity contribution in [3.63, 3.8) is 0 Å². The van der Waals surface area contributed by atoms with Crippen LogP contribution in [0, 0.1) is 5.82 Å². The van der Waals surface area contributed by atoms with Crippen molar-refractivity contribution >= 4 is 22.8 Å². The summed E-state index contributed by atoms with van der Waals surface area (Å²) in [6, 6.07) is 3.74. The monoisotopic (exact) mass is 334 g/mol. The lowest BCUT2D eigenvalue weighted by Gasteiger charge is -2.21. The second kappa shape index (κ2) is 6.04. The third-order valence-electron chi connectivity index (χ3n) is 4.18. The van der Waals surface area contributed by atoms with Crippen LogP contribution in [-0.2, 0) is 9.53 Å². The second-order valence-corrected chi connectivity index (χ2v) is 5.64. The normalized spacial score (nSPS) is 20.5. The number of carbonyl (C=O) groups excluding carboxylic acids is 1. The van der Waals surface area contributed by atoms with Crippen LogP contribution in [0.25, 0.3) is 10.9 Å². The number of aromatic amines is 1. The molecule has 0 saturated carbocycles. The first-order valence-electron chi connectivity index (χ1n) is 7.30. The molecule has 2 aromatic rings. The minimum atomic E-state index is -1.14. The smallest absolute Gasteiger partial charge is 0.326 e. The van der Waals surface area contributed by atoms with Crippen molar-refractivity contribution in [2.24, 2.45) is 0 Å². The maximum Gasteiger partial charge on any atom is 0.326 e. The van der Waals surface area contributed by atoms with E-state index in [1.54, 1.807) is 0 Å². The molecule has 7 nitrogen and oxygen atoms in total. The number of carboxylic acids is 1. The first kappa shape index (κ1) is 16.1. The molecule has 0 radical (unpaired) electrons. The maximum absolute atomic E-state index is 13.4. The zero-order chi connectivity index (χ0) is 17.4. The molecular weight excluding hydrogens is 319 g/mol. The van der Waals surface area contributed by atoms with Crippen LogP contribution in [0.15, 0.2) is 29.1 Å². The minimum Gasteiger partial charge on any atom is -0.480 e. The van der Waals surface area contributed by atoms with Gasteiger partial charge >= 0.3 is 5.97 Å². The van der Waals surface area contributed by atoms with Gasteiger partial charge in [-0.25, -0.2) is 9.18 Å². The maximum atomic E-state index is 13.4. The Morgan fingerprint density at radius 2 is 2.12 bits per heavy atom. The number of hydrogen-bond acceptors (Lipinski definition) is 4. The van der Waals surface area contributed by atoms with Crippen molar-refractivity contribution < 1.29 is 23.8 Å².